The first-order valence-electron chi connectivity index (χ1n) is 14.4. The summed E-state index contributed by atoms with van der Waals surface area (Å²) in [5.74, 6) is 1.88. The van der Waals surface area contributed by atoms with Crippen LogP contribution in [0.3, 0.4) is 0 Å². The van der Waals surface area contributed by atoms with Crippen molar-refractivity contribution in [2.45, 2.75) is 0 Å². The average molecular weight is 630 g/mol. The maximum atomic E-state index is 6.20. The third-order valence-corrected chi connectivity index (χ3v) is 10.4. The monoisotopic (exact) mass is 630 g/mol. The molecule has 0 aliphatic heterocycles. The molecule has 0 N–H and O–H groups in total. The molecule has 6 heteroatoms. The van der Waals surface area contributed by atoms with Gasteiger partial charge in [0.25, 0.3) is 0 Å². The molecule has 0 saturated heterocycles. The molecule has 9 rings (SSSR count). The van der Waals surface area contributed by atoms with Crippen LogP contribution in [0.25, 0.3) is 86.8 Å². The van der Waals surface area contributed by atoms with Gasteiger partial charge in [-0.3, -0.25) is 0 Å². The molecular formula is C38H22N4OSe. The van der Waals surface area contributed by atoms with E-state index in [0.717, 1.165) is 48.7 Å². The van der Waals surface area contributed by atoms with Gasteiger partial charge in [0.05, 0.1) is 0 Å². The van der Waals surface area contributed by atoms with E-state index in [4.69, 9.17) is 24.4 Å². The molecule has 9 aromatic rings. The van der Waals surface area contributed by atoms with Crippen LogP contribution in [0.2, 0.25) is 0 Å². The van der Waals surface area contributed by atoms with Crippen molar-refractivity contribution < 1.29 is 4.42 Å². The van der Waals surface area contributed by atoms with Crippen LogP contribution in [0, 0.1) is 0 Å². The molecule has 206 valence electrons. The molecule has 0 atom stereocenters. The molecule has 0 fully saturated rings. The van der Waals surface area contributed by atoms with E-state index >= 15 is 0 Å². The second-order valence-corrected chi connectivity index (χ2v) is 12.8. The molecule has 0 bridgehead atoms. The van der Waals surface area contributed by atoms with Gasteiger partial charge in [0, 0.05) is 0 Å². The summed E-state index contributed by atoms with van der Waals surface area (Å²) in [6, 6.07) is 45.5. The third kappa shape index (κ3) is 4.15. The zero-order chi connectivity index (χ0) is 29.0. The van der Waals surface area contributed by atoms with Crippen LogP contribution in [0.4, 0.5) is 0 Å². The fourth-order valence-electron chi connectivity index (χ4n) is 5.85. The molecule has 6 aromatic carbocycles. The van der Waals surface area contributed by atoms with Crippen LogP contribution in [0.5, 0.6) is 0 Å². The summed E-state index contributed by atoms with van der Waals surface area (Å²) in [4.78, 5) is 20.2. The second kappa shape index (κ2) is 10.1. The summed E-state index contributed by atoms with van der Waals surface area (Å²) < 4.78 is 8.64. The van der Waals surface area contributed by atoms with E-state index in [2.05, 4.69) is 66.7 Å². The molecule has 0 saturated carbocycles. The first-order chi connectivity index (χ1) is 21.8. The van der Waals surface area contributed by atoms with Crippen molar-refractivity contribution in [2.75, 3.05) is 0 Å². The zero-order valence-electron chi connectivity index (χ0n) is 23.3. The van der Waals surface area contributed by atoms with Gasteiger partial charge in [0.15, 0.2) is 0 Å². The number of furan rings is 1. The van der Waals surface area contributed by atoms with Crippen molar-refractivity contribution in [1.29, 1.82) is 0 Å². The van der Waals surface area contributed by atoms with E-state index < -0.39 is 0 Å². The molecule has 0 spiro atoms. The number of para-hydroxylation sites is 1. The number of nitrogens with zero attached hydrogens (tertiary/aromatic N) is 4. The summed E-state index contributed by atoms with van der Waals surface area (Å²) in [5, 5.41) is 4.43. The van der Waals surface area contributed by atoms with E-state index in [9.17, 15) is 0 Å². The summed E-state index contributed by atoms with van der Waals surface area (Å²) in [6.07, 6.45) is 0. The van der Waals surface area contributed by atoms with Gasteiger partial charge in [0.1, 0.15) is 0 Å². The molecule has 0 amide bonds. The third-order valence-electron chi connectivity index (χ3n) is 7.96. The van der Waals surface area contributed by atoms with E-state index in [1.54, 1.807) is 0 Å². The predicted molar refractivity (Wildman–Crippen MR) is 179 cm³/mol. The molecule has 3 heterocycles. The fourth-order valence-corrected chi connectivity index (χ4v) is 8.15. The number of hydrogen-bond donors (Lipinski definition) is 0. The molecule has 0 unspecified atom stereocenters. The van der Waals surface area contributed by atoms with Crippen molar-refractivity contribution in [3.63, 3.8) is 0 Å². The summed E-state index contributed by atoms with van der Waals surface area (Å²) in [7, 11) is 0. The summed E-state index contributed by atoms with van der Waals surface area (Å²) in [6.45, 7) is 0. The van der Waals surface area contributed by atoms with E-state index in [1.807, 2.05) is 66.7 Å². The minimum absolute atomic E-state index is 0.0895. The second-order valence-electron chi connectivity index (χ2n) is 10.7. The van der Waals surface area contributed by atoms with Crippen molar-refractivity contribution >= 4 is 57.0 Å². The molecular weight excluding hydrogens is 607 g/mol. The van der Waals surface area contributed by atoms with Crippen molar-refractivity contribution in [3.05, 3.63) is 133 Å². The Kier molecular flexibility index (Phi) is 5.76. The number of hydrogen-bond acceptors (Lipinski definition) is 5. The van der Waals surface area contributed by atoms with E-state index in [-0.39, 0.29) is 14.5 Å². The van der Waals surface area contributed by atoms with Gasteiger partial charge in [-0.25, -0.2) is 0 Å². The molecule has 0 aliphatic rings. The Morgan fingerprint density at radius 2 is 1.16 bits per heavy atom. The molecule has 0 aliphatic carbocycles. The van der Waals surface area contributed by atoms with Gasteiger partial charge in [-0.15, -0.1) is 0 Å². The summed E-state index contributed by atoms with van der Waals surface area (Å²) >= 11 is 0.0895. The van der Waals surface area contributed by atoms with Gasteiger partial charge >= 0.3 is 253 Å². The summed E-state index contributed by atoms with van der Waals surface area (Å²) in [5.41, 5.74) is 6.68. The van der Waals surface area contributed by atoms with Crippen molar-refractivity contribution in [1.82, 2.24) is 19.9 Å². The fraction of sp³-hybridized carbons (Fsp3) is 0. The topological polar surface area (TPSA) is 64.7 Å². The Labute approximate surface area is 258 Å². The normalized spacial score (nSPS) is 11.6. The molecule has 0 radical (unpaired) electrons. The zero-order valence-corrected chi connectivity index (χ0v) is 25.0. The van der Waals surface area contributed by atoms with Crippen molar-refractivity contribution in [3.8, 4) is 44.3 Å². The molecule has 3 aromatic heterocycles. The van der Waals surface area contributed by atoms with Gasteiger partial charge in [-0.2, -0.15) is 0 Å². The van der Waals surface area contributed by atoms with Crippen molar-refractivity contribution in [2.24, 2.45) is 0 Å². The van der Waals surface area contributed by atoms with Gasteiger partial charge < -0.3 is 0 Å². The average Bonchev–Trinajstić information content (AvgIpc) is 3.71. The first kappa shape index (κ1) is 25.1. The van der Waals surface area contributed by atoms with Crippen LogP contribution in [0.15, 0.2) is 138 Å². The van der Waals surface area contributed by atoms with E-state index in [0.29, 0.717) is 17.5 Å². The number of aromatic nitrogens is 4. The Bertz CT molecular complexity index is 2500. The predicted octanol–water partition coefficient (Wildman–Crippen LogP) is 9.20. The van der Waals surface area contributed by atoms with Crippen LogP contribution < -0.4 is 0 Å². The Hall–Kier alpha value is -5.42. The van der Waals surface area contributed by atoms with Crippen LogP contribution in [-0.2, 0) is 0 Å². The quantitative estimate of drug-likeness (QED) is 0.182. The maximum absolute atomic E-state index is 6.20. The van der Waals surface area contributed by atoms with Crippen LogP contribution >= 0.6 is 0 Å². The Morgan fingerprint density at radius 3 is 2.00 bits per heavy atom. The Balaban J connectivity index is 1.27. The van der Waals surface area contributed by atoms with E-state index in [1.165, 1.54) is 20.6 Å². The Morgan fingerprint density at radius 1 is 0.477 bits per heavy atom. The standard InChI is InChI=1S/C38H22N4OSe/c1-3-10-24(11-4-1)35-40-36(42-37(41-35)28-15-9-17-32-33(28)27-14-7-8-16-31(27)43-32)26-19-18-23-20-21-30-34(29(23)22-26)44-38(39-30)25-12-5-2-6-13-25/h1-22H. The van der Waals surface area contributed by atoms with Gasteiger partial charge in [-0.1, -0.05) is 6.07 Å². The molecule has 44 heavy (non-hydrogen) atoms. The van der Waals surface area contributed by atoms with Crippen LogP contribution in [0.1, 0.15) is 0 Å². The molecule has 5 nitrogen and oxygen atoms in total. The van der Waals surface area contributed by atoms with Gasteiger partial charge in [-0.05, 0) is 0 Å². The minimum atomic E-state index is 0.0895. The number of fused-ring (bicyclic) bond motifs is 6. The SMILES string of the molecule is c1ccc(-c2nc(-c3ccc4ccc5nc(-c6ccccc6)[se]c5c4c3)nc(-c3cccc4oc5ccccc5c34)n2)cc1. The first-order valence-corrected chi connectivity index (χ1v) is 16.1. The number of rotatable bonds is 4. The van der Waals surface area contributed by atoms with Gasteiger partial charge in [0.2, 0.25) is 0 Å². The van der Waals surface area contributed by atoms with Crippen LogP contribution in [-0.4, -0.2) is 34.4 Å². The number of benzene rings is 6.